The maximum absolute atomic E-state index is 9.48. The van der Waals surface area contributed by atoms with Crippen LogP contribution in [0.25, 0.3) is 0 Å². The van der Waals surface area contributed by atoms with Gasteiger partial charge in [0.05, 0.1) is 6.61 Å². The summed E-state index contributed by atoms with van der Waals surface area (Å²) >= 11 is 0. The topological polar surface area (TPSA) is 40.5 Å². The van der Waals surface area contributed by atoms with E-state index in [0.29, 0.717) is 0 Å². The molecule has 2 heteroatoms. The van der Waals surface area contributed by atoms with Gasteiger partial charge in [0.25, 0.3) is 0 Å². The Balaban J connectivity index is 3.08. The number of rotatable bonds is 3. The van der Waals surface area contributed by atoms with Crippen LogP contribution in [0, 0.1) is 6.92 Å². The van der Waals surface area contributed by atoms with Crippen molar-refractivity contribution in [3.63, 3.8) is 0 Å². The fourth-order valence-electron chi connectivity index (χ4n) is 1.55. The van der Waals surface area contributed by atoms with Gasteiger partial charge in [-0.05, 0) is 30.0 Å². The summed E-state index contributed by atoms with van der Waals surface area (Å²) in [5.74, 6) is 0. The van der Waals surface area contributed by atoms with E-state index in [-0.39, 0.29) is 6.61 Å². The first-order valence-electron chi connectivity index (χ1n) is 4.58. The highest BCUT2D eigenvalue weighted by Gasteiger charge is 2.10. The zero-order valence-electron chi connectivity index (χ0n) is 8.12. The lowest BCUT2D eigenvalue weighted by Gasteiger charge is -2.13. The highest BCUT2D eigenvalue weighted by Crippen LogP contribution is 2.20. The second-order valence-corrected chi connectivity index (χ2v) is 3.18. The smallest absolute Gasteiger partial charge is 0.102 e. The Bertz CT molecular complexity index is 281. The van der Waals surface area contributed by atoms with Crippen LogP contribution in [0.5, 0.6) is 0 Å². The molecule has 2 N–H and O–H groups in total. The van der Waals surface area contributed by atoms with E-state index in [9.17, 15) is 5.11 Å². The zero-order chi connectivity index (χ0) is 9.84. The molecule has 0 aliphatic carbocycles. The summed E-state index contributed by atoms with van der Waals surface area (Å²) in [5, 5.41) is 18.3. The van der Waals surface area contributed by atoms with Gasteiger partial charge in [0.15, 0.2) is 0 Å². The molecule has 0 heterocycles. The van der Waals surface area contributed by atoms with Crippen LogP contribution in [0.2, 0.25) is 0 Å². The summed E-state index contributed by atoms with van der Waals surface area (Å²) in [5.41, 5.74) is 3.15. The maximum atomic E-state index is 9.48. The van der Waals surface area contributed by atoms with Gasteiger partial charge in [-0.25, -0.2) is 0 Å². The number of benzene rings is 1. The van der Waals surface area contributed by atoms with Crippen LogP contribution in [0.3, 0.4) is 0 Å². The highest BCUT2D eigenvalue weighted by molar-refractivity contribution is 5.35. The van der Waals surface area contributed by atoms with Gasteiger partial charge in [-0.15, -0.1) is 0 Å². The molecule has 1 unspecified atom stereocenters. The van der Waals surface area contributed by atoms with Gasteiger partial charge < -0.3 is 10.2 Å². The van der Waals surface area contributed by atoms with Crippen molar-refractivity contribution in [2.75, 3.05) is 6.61 Å². The summed E-state index contributed by atoms with van der Waals surface area (Å²) < 4.78 is 0. The predicted octanol–water partition coefficient (Wildman–Crippen LogP) is 1.58. The van der Waals surface area contributed by atoms with E-state index < -0.39 is 6.10 Å². The molecule has 2 nitrogen and oxygen atoms in total. The van der Waals surface area contributed by atoms with Crippen LogP contribution in [-0.2, 0) is 6.42 Å². The van der Waals surface area contributed by atoms with Crippen LogP contribution >= 0.6 is 0 Å². The number of aliphatic hydroxyl groups excluding tert-OH is 2. The molecule has 0 saturated heterocycles. The van der Waals surface area contributed by atoms with E-state index in [1.165, 1.54) is 5.56 Å². The third kappa shape index (κ3) is 2.08. The van der Waals surface area contributed by atoms with Gasteiger partial charge >= 0.3 is 0 Å². The number of aryl methyl sites for hydroxylation is 1. The molecule has 0 aliphatic rings. The van der Waals surface area contributed by atoms with Crippen LogP contribution < -0.4 is 0 Å². The molecule has 0 aliphatic heterocycles. The first-order chi connectivity index (χ1) is 6.20. The third-order valence-corrected chi connectivity index (χ3v) is 2.40. The van der Waals surface area contributed by atoms with Crippen molar-refractivity contribution in [2.24, 2.45) is 0 Å². The van der Waals surface area contributed by atoms with Crippen molar-refractivity contribution in [3.05, 3.63) is 34.9 Å². The molecular formula is C11H16O2. The second kappa shape index (κ2) is 4.40. The van der Waals surface area contributed by atoms with Crippen molar-refractivity contribution in [1.82, 2.24) is 0 Å². The van der Waals surface area contributed by atoms with E-state index in [1.54, 1.807) is 0 Å². The summed E-state index contributed by atoms with van der Waals surface area (Å²) in [6.45, 7) is 3.85. The van der Waals surface area contributed by atoms with E-state index in [4.69, 9.17) is 5.11 Å². The monoisotopic (exact) mass is 180 g/mol. The molecule has 0 bridgehead atoms. The minimum Gasteiger partial charge on any atom is -0.393 e. The molecule has 72 valence electrons. The van der Waals surface area contributed by atoms with Crippen LogP contribution in [0.15, 0.2) is 18.2 Å². The molecule has 1 aromatic carbocycles. The first-order valence-corrected chi connectivity index (χ1v) is 4.58. The number of aliphatic hydroxyl groups is 2. The summed E-state index contributed by atoms with van der Waals surface area (Å²) in [6.07, 6.45) is 0.212. The number of hydrogen-bond acceptors (Lipinski definition) is 2. The molecule has 0 saturated carbocycles. The molecule has 0 spiro atoms. The SMILES string of the molecule is CCc1cccc(C(O)CO)c1C. The van der Waals surface area contributed by atoms with Crippen molar-refractivity contribution in [1.29, 1.82) is 0 Å². The lowest BCUT2D eigenvalue weighted by molar-refractivity contribution is 0.0950. The van der Waals surface area contributed by atoms with Gasteiger partial charge in [-0.2, -0.15) is 0 Å². The fourth-order valence-corrected chi connectivity index (χ4v) is 1.55. The van der Waals surface area contributed by atoms with E-state index in [0.717, 1.165) is 17.5 Å². The van der Waals surface area contributed by atoms with Crippen molar-refractivity contribution in [2.45, 2.75) is 26.4 Å². The molecule has 0 radical (unpaired) electrons. The minimum absolute atomic E-state index is 0.214. The Morgan fingerprint density at radius 1 is 1.38 bits per heavy atom. The molecule has 1 aromatic rings. The minimum atomic E-state index is -0.744. The molecule has 0 fully saturated rings. The number of hydrogen-bond donors (Lipinski definition) is 2. The Hall–Kier alpha value is -0.860. The van der Waals surface area contributed by atoms with Crippen LogP contribution in [-0.4, -0.2) is 16.8 Å². The molecular weight excluding hydrogens is 164 g/mol. The molecule has 0 amide bonds. The van der Waals surface area contributed by atoms with Crippen LogP contribution in [0.4, 0.5) is 0 Å². The highest BCUT2D eigenvalue weighted by atomic mass is 16.3. The second-order valence-electron chi connectivity index (χ2n) is 3.18. The lowest BCUT2D eigenvalue weighted by atomic mass is 9.97. The van der Waals surface area contributed by atoms with E-state index >= 15 is 0 Å². The summed E-state index contributed by atoms with van der Waals surface area (Å²) in [6, 6.07) is 5.82. The van der Waals surface area contributed by atoms with E-state index in [2.05, 4.69) is 6.92 Å². The molecule has 0 aromatic heterocycles. The Morgan fingerprint density at radius 3 is 2.62 bits per heavy atom. The molecule has 1 atom stereocenters. The molecule has 13 heavy (non-hydrogen) atoms. The normalized spacial score (nSPS) is 12.9. The zero-order valence-corrected chi connectivity index (χ0v) is 8.12. The summed E-state index contributed by atoms with van der Waals surface area (Å²) in [4.78, 5) is 0. The van der Waals surface area contributed by atoms with Gasteiger partial charge in [0.2, 0.25) is 0 Å². The Morgan fingerprint density at radius 2 is 2.08 bits per heavy atom. The van der Waals surface area contributed by atoms with Crippen LogP contribution in [0.1, 0.15) is 29.7 Å². The van der Waals surface area contributed by atoms with Gasteiger partial charge in [0.1, 0.15) is 6.10 Å². The maximum Gasteiger partial charge on any atom is 0.102 e. The fraction of sp³-hybridized carbons (Fsp3) is 0.455. The standard InChI is InChI=1S/C11H16O2/c1-3-9-5-4-6-10(8(9)2)11(13)7-12/h4-6,11-13H,3,7H2,1-2H3. The Labute approximate surface area is 78.8 Å². The average molecular weight is 180 g/mol. The quantitative estimate of drug-likeness (QED) is 0.741. The van der Waals surface area contributed by atoms with Gasteiger partial charge in [-0.1, -0.05) is 25.1 Å². The lowest BCUT2D eigenvalue weighted by Crippen LogP contribution is -2.05. The largest absolute Gasteiger partial charge is 0.393 e. The van der Waals surface area contributed by atoms with Crippen molar-refractivity contribution >= 4 is 0 Å². The average Bonchev–Trinajstić information content (AvgIpc) is 2.17. The van der Waals surface area contributed by atoms with Crippen molar-refractivity contribution < 1.29 is 10.2 Å². The first kappa shape index (κ1) is 10.2. The van der Waals surface area contributed by atoms with Crippen molar-refractivity contribution in [3.8, 4) is 0 Å². The summed E-state index contributed by atoms with van der Waals surface area (Å²) in [7, 11) is 0. The predicted molar refractivity (Wildman–Crippen MR) is 52.6 cm³/mol. The van der Waals surface area contributed by atoms with Gasteiger partial charge in [0, 0.05) is 0 Å². The Kier molecular flexibility index (Phi) is 3.46. The molecule has 1 rings (SSSR count). The van der Waals surface area contributed by atoms with Gasteiger partial charge in [-0.3, -0.25) is 0 Å². The third-order valence-electron chi connectivity index (χ3n) is 2.40. The van der Waals surface area contributed by atoms with E-state index in [1.807, 2.05) is 25.1 Å².